The number of nitrogens with zero attached hydrogens (tertiary/aromatic N) is 5. The van der Waals surface area contributed by atoms with Crippen molar-refractivity contribution in [3.8, 4) is 17.1 Å². The van der Waals surface area contributed by atoms with Crippen molar-refractivity contribution in [2.45, 2.75) is 0 Å². The zero-order valence-electron chi connectivity index (χ0n) is 38.7. The third kappa shape index (κ3) is 6.55. The second kappa shape index (κ2) is 16.6. The van der Waals surface area contributed by atoms with Crippen molar-refractivity contribution in [3.63, 3.8) is 0 Å². The standard InChI is InChI=1S/C66H45N5/c1-3-18-46(19-4-1)67(48-34-40-51(41-35-48)69-59-27-12-7-22-54(59)55-23-8-13-28-60(55)69)49-36-42-53(43-37-49)71-63-31-16-11-26-58(63)66-64(32-17-33-65(66)71)68(47-20-5-2-6-21-47)50-38-44-52(45-39-50)70-61-29-14-9-24-56(61)57-25-10-15-30-62(57)70/h1-45H. The Kier molecular flexibility index (Phi) is 9.46. The second-order valence-electron chi connectivity index (χ2n) is 18.2. The largest absolute Gasteiger partial charge is 0.311 e. The minimum atomic E-state index is 1.07. The minimum Gasteiger partial charge on any atom is -0.311 e. The summed E-state index contributed by atoms with van der Waals surface area (Å²) in [5.74, 6) is 0. The van der Waals surface area contributed by atoms with Crippen LogP contribution in [0.25, 0.3) is 82.5 Å². The van der Waals surface area contributed by atoms with Crippen LogP contribution >= 0.6 is 0 Å². The van der Waals surface area contributed by atoms with Crippen LogP contribution in [0.5, 0.6) is 0 Å². The molecule has 0 radical (unpaired) electrons. The van der Waals surface area contributed by atoms with Crippen molar-refractivity contribution in [1.29, 1.82) is 0 Å². The van der Waals surface area contributed by atoms with Crippen LogP contribution in [-0.2, 0) is 0 Å². The third-order valence-electron chi connectivity index (χ3n) is 14.2. The van der Waals surface area contributed by atoms with Gasteiger partial charge in [-0.15, -0.1) is 0 Å². The Morgan fingerprint density at radius 1 is 0.197 bits per heavy atom. The molecule has 14 aromatic rings. The van der Waals surface area contributed by atoms with Gasteiger partial charge in [-0.3, -0.25) is 0 Å². The lowest BCUT2D eigenvalue weighted by Crippen LogP contribution is -2.10. The van der Waals surface area contributed by atoms with Crippen molar-refractivity contribution >= 4 is 99.5 Å². The van der Waals surface area contributed by atoms with E-state index >= 15 is 0 Å². The maximum Gasteiger partial charge on any atom is 0.0562 e. The van der Waals surface area contributed by atoms with Gasteiger partial charge in [-0.1, -0.05) is 133 Å². The molecule has 5 nitrogen and oxygen atoms in total. The summed E-state index contributed by atoms with van der Waals surface area (Å²) in [6.07, 6.45) is 0. The van der Waals surface area contributed by atoms with Crippen LogP contribution in [-0.4, -0.2) is 13.7 Å². The smallest absolute Gasteiger partial charge is 0.0562 e. The highest BCUT2D eigenvalue weighted by Crippen LogP contribution is 2.45. The molecule has 0 aliphatic carbocycles. The second-order valence-corrected chi connectivity index (χ2v) is 18.2. The van der Waals surface area contributed by atoms with E-state index < -0.39 is 0 Å². The number of fused-ring (bicyclic) bond motifs is 9. The summed E-state index contributed by atoms with van der Waals surface area (Å²) in [7, 11) is 0. The molecule has 14 rings (SSSR count). The predicted molar refractivity (Wildman–Crippen MR) is 299 cm³/mol. The van der Waals surface area contributed by atoms with Crippen LogP contribution in [0.15, 0.2) is 273 Å². The molecule has 0 fully saturated rings. The molecule has 11 aromatic carbocycles. The number of aromatic nitrogens is 3. The zero-order valence-corrected chi connectivity index (χ0v) is 38.7. The Morgan fingerprint density at radius 3 is 0.887 bits per heavy atom. The SMILES string of the molecule is c1ccc(N(c2ccc(-n3c4ccccc4c4ccccc43)cc2)c2ccc(-n3c4ccccc4c4c(N(c5ccccc5)c5ccc(-n6c7ccccc7c7ccccc76)cc5)cccc43)cc2)cc1. The Bertz CT molecular complexity index is 4150. The molecule has 0 aliphatic heterocycles. The lowest BCUT2D eigenvalue weighted by molar-refractivity contribution is 1.16. The van der Waals surface area contributed by atoms with Crippen LogP contribution in [0.4, 0.5) is 34.1 Å². The van der Waals surface area contributed by atoms with E-state index in [1.165, 1.54) is 54.4 Å². The van der Waals surface area contributed by atoms with Crippen LogP contribution in [0.1, 0.15) is 0 Å². The number of benzene rings is 11. The van der Waals surface area contributed by atoms with Crippen molar-refractivity contribution in [3.05, 3.63) is 273 Å². The molecule has 0 spiro atoms. The molecule has 334 valence electrons. The molecule has 0 bridgehead atoms. The fourth-order valence-electron chi connectivity index (χ4n) is 11.1. The van der Waals surface area contributed by atoms with Gasteiger partial charge in [0, 0.05) is 77.8 Å². The van der Waals surface area contributed by atoms with E-state index in [4.69, 9.17) is 0 Å². The molecular formula is C66H45N5. The summed E-state index contributed by atoms with van der Waals surface area (Å²) < 4.78 is 7.17. The van der Waals surface area contributed by atoms with Gasteiger partial charge in [-0.25, -0.2) is 0 Å². The van der Waals surface area contributed by atoms with Crippen LogP contribution in [0.2, 0.25) is 0 Å². The van der Waals surface area contributed by atoms with Gasteiger partial charge in [0.1, 0.15) is 0 Å². The molecular weight excluding hydrogens is 863 g/mol. The number of para-hydroxylation sites is 7. The molecule has 0 saturated heterocycles. The van der Waals surface area contributed by atoms with Gasteiger partial charge in [0.25, 0.3) is 0 Å². The first-order valence-corrected chi connectivity index (χ1v) is 24.3. The topological polar surface area (TPSA) is 21.3 Å². The van der Waals surface area contributed by atoms with Gasteiger partial charge < -0.3 is 23.5 Å². The Balaban J connectivity index is 0.866. The fraction of sp³-hybridized carbons (Fsp3) is 0. The predicted octanol–water partition coefficient (Wildman–Crippen LogP) is 17.9. The summed E-state index contributed by atoms with van der Waals surface area (Å²) in [5, 5.41) is 7.41. The number of hydrogen-bond acceptors (Lipinski definition) is 2. The van der Waals surface area contributed by atoms with E-state index in [1.54, 1.807) is 0 Å². The van der Waals surface area contributed by atoms with Crippen molar-refractivity contribution < 1.29 is 0 Å². The lowest BCUT2D eigenvalue weighted by atomic mass is 10.1. The molecule has 0 N–H and O–H groups in total. The first kappa shape index (κ1) is 40.5. The summed E-state index contributed by atoms with van der Waals surface area (Å²) in [5.41, 5.74) is 17.0. The Labute approximate surface area is 411 Å². The van der Waals surface area contributed by atoms with Crippen molar-refractivity contribution in [2.24, 2.45) is 0 Å². The highest BCUT2D eigenvalue weighted by molar-refractivity contribution is 6.17. The zero-order chi connectivity index (χ0) is 46.8. The van der Waals surface area contributed by atoms with Gasteiger partial charge in [0.2, 0.25) is 0 Å². The van der Waals surface area contributed by atoms with Crippen LogP contribution in [0.3, 0.4) is 0 Å². The average Bonchev–Trinajstić information content (AvgIpc) is 4.09. The Morgan fingerprint density at radius 2 is 0.479 bits per heavy atom. The number of anilines is 6. The summed E-state index contributed by atoms with van der Waals surface area (Å²) in [4.78, 5) is 4.75. The van der Waals surface area contributed by atoms with E-state index in [0.29, 0.717) is 0 Å². The Hall–Kier alpha value is -9.58. The highest BCUT2D eigenvalue weighted by Gasteiger charge is 2.22. The van der Waals surface area contributed by atoms with Gasteiger partial charge in [0.05, 0.1) is 38.8 Å². The lowest BCUT2D eigenvalue weighted by Gasteiger charge is -2.27. The van der Waals surface area contributed by atoms with Gasteiger partial charge in [-0.05, 0) is 140 Å². The fourth-order valence-corrected chi connectivity index (χ4v) is 11.1. The van der Waals surface area contributed by atoms with E-state index in [0.717, 1.165) is 62.2 Å². The monoisotopic (exact) mass is 907 g/mol. The normalized spacial score (nSPS) is 11.7. The van der Waals surface area contributed by atoms with E-state index in [9.17, 15) is 0 Å². The third-order valence-corrected chi connectivity index (χ3v) is 14.2. The van der Waals surface area contributed by atoms with Crippen LogP contribution in [0, 0.1) is 0 Å². The van der Waals surface area contributed by atoms with Gasteiger partial charge in [-0.2, -0.15) is 0 Å². The highest BCUT2D eigenvalue weighted by atomic mass is 15.2. The number of hydrogen-bond donors (Lipinski definition) is 0. The molecule has 0 unspecified atom stereocenters. The molecule has 71 heavy (non-hydrogen) atoms. The van der Waals surface area contributed by atoms with Gasteiger partial charge in [0.15, 0.2) is 0 Å². The average molecular weight is 908 g/mol. The molecule has 0 aliphatic rings. The summed E-state index contributed by atoms with van der Waals surface area (Å²) >= 11 is 0. The molecule has 0 atom stereocenters. The molecule has 5 heteroatoms. The number of rotatable bonds is 9. The summed E-state index contributed by atoms with van der Waals surface area (Å²) in [6.45, 7) is 0. The maximum absolute atomic E-state index is 2.42. The van der Waals surface area contributed by atoms with E-state index in [1.807, 2.05) is 0 Å². The molecule has 0 saturated carbocycles. The van der Waals surface area contributed by atoms with Gasteiger partial charge >= 0.3 is 0 Å². The molecule has 3 heterocycles. The summed E-state index contributed by atoms with van der Waals surface area (Å²) in [6, 6.07) is 98.7. The van der Waals surface area contributed by atoms with Crippen molar-refractivity contribution in [1.82, 2.24) is 13.7 Å². The van der Waals surface area contributed by atoms with Crippen molar-refractivity contribution in [2.75, 3.05) is 9.80 Å². The van der Waals surface area contributed by atoms with E-state index in [2.05, 4.69) is 296 Å². The van der Waals surface area contributed by atoms with E-state index in [-0.39, 0.29) is 0 Å². The molecule has 3 aromatic heterocycles. The molecule has 0 amide bonds. The van der Waals surface area contributed by atoms with Crippen LogP contribution < -0.4 is 9.80 Å². The minimum absolute atomic E-state index is 1.07. The maximum atomic E-state index is 2.42. The quantitative estimate of drug-likeness (QED) is 0.144. The first-order valence-electron chi connectivity index (χ1n) is 24.3. The first-order chi connectivity index (χ1) is 35.3.